The summed E-state index contributed by atoms with van der Waals surface area (Å²) in [5.74, 6) is 0.812. The third-order valence-electron chi connectivity index (χ3n) is 3.80. The second kappa shape index (κ2) is 9.03. The second-order valence-electron chi connectivity index (χ2n) is 5.71. The Balaban J connectivity index is 1.44. The average molecular weight is 353 g/mol. The molecule has 0 saturated heterocycles. The molecule has 2 heterocycles. The lowest BCUT2D eigenvalue weighted by Crippen LogP contribution is -2.37. The van der Waals surface area contributed by atoms with Gasteiger partial charge in [-0.3, -0.25) is 9.67 Å². The molecule has 0 aliphatic carbocycles. The lowest BCUT2D eigenvalue weighted by atomic mass is 10.2. The minimum Gasteiger partial charge on any atom is -0.356 e. The zero-order valence-electron chi connectivity index (χ0n) is 14.4. The van der Waals surface area contributed by atoms with E-state index in [4.69, 9.17) is 0 Å². The maximum absolute atomic E-state index is 4.43. The Bertz CT molecular complexity index is 777. The van der Waals surface area contributed by atoms with Crippen LogP contribution < -0.4 is 10.6 Å². The minimum atomic E-state index is 0.702. The van der Waals surface area contributed by atoms with Crippen LogP contribution in [0.2, 0.25) is 0 Å². The Kier molecular flexibility index (Phi) is 6.23. The molecule has 0 aliphatic heterocycles. The molecule has 0 radical (unpaired) electrons. The molecule has 130 valence electrons. The Hall–Kier alpha value is -2.60. The molecular weight excluding hydrogens is 330 g/mol. The van der Waals surface area contributed by atoms with Crippen molar-refractivity contribution in [3.8, 4) is 0 Å². The van der Waals surface area contributed by atoms with Crippen molar-refractivity contribution in [1.82, 2.24) is 20.4 Å². The molecule has 0 saturated carbocycles. The van der Waals surface area contributed by atoms with Crippen LogP contribution in [0.15, 0.2) is 65.2 Å². The van der Waals surface area contributed by atoms with Gasteiger partial charge in [-0.2, -0.15) is 5.10 Å². The average Bonchev–Trinajstić information content (AvgIpc) is 3.31. The van der Waals surface area contributed by atoms with Crippen LogP contribution in [0.4, 0.5) is 0 Å². The smallest absolute Gasteiger partial charge is 0.191 e. The van der Waals surface area contributed by atoms with Gasteiger partial charge >= 0.3 is 0 Å². The summed E-state index contributed by atoms with van der Waals surface area (Å²) in [7, 11) is 1.79. The van der Waals surface area contributed by atoms with Gasteiger partial charge in [0.05, 0.1) is 12.7 Å². The summed E-state index contributed by atoms with van der Waals surface area (Å²) in [4.78, 5) is 5.65. The van der Waals surface area contributed by atoms with Crippen LogP contribution in [-0.4, -0.2) is 29.3 Å². The summed E-state index contributed by atoms with van der Waals surface area (Å²) in [6.07, 6.45) is 4.97. The van der Waals surface area contributed by atoms with Gasteiger partial charge in [0.15, 0.2) is 5.96 Å². The Morgan fingerprint density at radius 2 is 2.00 bits per heavy atom. The van der Waals surface area contributed by atoms with Crippen molar-refractivity contribution in [3.63, 3.8) is 0 Å². The van der Waals surface area contributed by atoms with Crippen LogP contribution in [0.25, 0.3) is 0 Å². The standard InChI is InChI=1S/C19H23N5S/c1-20-19(21-10-9-18-8-5-11-25-18)22-12-17-13-23-24(15-17)14-16-6-3-2-4-7-16/h2-8,11,13,15H,9-10,12,14H2,1H3,(H2,20,21,22). The maximum Gasteiger partial charge on any atom is 0.191 e. The van der Waals surface area contributed by atoms with Crippen LogP contribution >= 0.6 is 11.3 Å². The number of hydrogen-bond acceptors (Lipinski definition) is 3. The molecule has 0 spiro atoms. The molecule has 25 heavy (non-hydrogen) atoms. The first-order chi connectivity index (χ1) is 12.3. The van der Waals surface area contributed by atoms with E-state index in [1.807, 2.05) is 29.1 Å². The molecule has 0 fully saturated rings. The molecule has 0 aliphatic rings. The number of aliphatic imine (C=N–C) groups is 1. The molecule has 3 aromatic rings. The predicted molar refractivity (Wildman–Crippen MR) is 104 cm³/mol. The highest BCUT2D eigenvalue weighted by molar-refractivity contribution is 7.09. The number of hydrogen-bond donors (Lipinski definition) is 2. The molecule has 0 unspecified atom stereocenters. The van der Waals surface area contributed by atoms with Gasteiger partial charge in [0.2, 0.25) is 0 Å². The number of guanidine groups is 1. The van der Waals surface area contributed by atoms with E-state index in [0.29, 0.717) is 6.54 Å². The molecule has 6 heteroatoms. The Labute approximate surface area is 152 Å². The van der Waals surface area contributed by atoms with E-state index in [1.165, 1.54) is 10.4 Å². The lowest BCUT2D eigenvalue weighted by molar-refractivity contribution is 0.685. The molecule has 0 amide bonds. The summed E-state index contributed by atoms with van der Waals surface area (Å²) in [6, 6.07) is 14.6. The van der Waals surface area contributed by atoms with Crippen LogP contribution in [0, 0.1) is 0 Å². The molecule has 2 N–H and O–H groups in total. The number of aromatic nitrogens is 2. The van der Waals surface area contributed by atoms with Crippen molar-refractivity contribution in [1.29, 1.82) is 0 Å². The van der Waals surface area contributed by atoms with Crippen molar-refractivity contribution >= 4 is 17.3 Å². The number of thiophene rings is 1. The fourth-order valence-corrected chi connectivity index (χ4v) is 3.23. The first-order valence-corrected chi connectivity index (χ1v) is 9.23. The quantitative estimate of drug-likeness (QED) is 0.507. The largest absolute Gasteiger partial charge is 0.356 e. The molecule has 2 aromatic heterocycles. The fraction of sp³-hybridized carbons (Fsp3) is 0.263. The maximum atomic E-state index is 4.43. The third kappa shape index (κ3) is 5.46. The summed E-state index contributed by atoms with van der Waals surface area (Å²) in [6.45, 7) is 2.36. The summed E-state index contributed by atoms with van der Waals surface area (Å²) >= 11 is 1.78. The van der Waals surface area contributed by atoms with Crippen LogP contribution in [-0.2, 0) is 19.5 Å². The van der Waals surface area contributed by atoms with Gasteiger partial charge in [-0.25, -0.2) is 0 Å². The number of rotatable bonds is 7. The summed E-state index contributed by atoms with van der Waals surface area (Å²) < 4.78 is 1.96. The number of benzene rings is 1. The summed E-state index contributed by atoms with van der Waals surface area (Å²) in [5, 5.41) is 13.2. The van der Waals surface area contributed by atoms with Crippen molar-refractivity contribution in [3.05, 3.63) is 76.2 Å². The predicted octanol–water partition coefficient (Wildman–Crippen LogP) is 2.90. The summed E-state index contributed by atoms with van der Waals surface area (Å²) in [5.41, 5.74) is 2.38. The monoisotopic (exact) mass is 353 g/mol. The first kappa shape index (κ1) is 17.2. The van der Waals surface area contributed by atoms with Gasteiger partial charge in [0.1, 0.15) is 0 Å². The molecular formula is C19H23N5S. The van der Waals surface area contributed by atoms with E-state index < -0.39 is 0 Å². The van der Waals surface area contributed by atoms with Gasteiger partial charge in [-0.1, -0.05) is 36.4 Å². The normalized spacial score (nSPS) is 11.5. The van der Waals surface area contributed by atoms with Gasteiger partial charge in [-0.05, 0) is 23.4 Å². The zero-order chi connectivity index (χ0) is 17.3. The first-order valence-electron chi connectivity index (χ1n) is 8.35. The Morgan fingerprint density at radius 3 is 2.76 bits per heavy atom. The van der Waals surface area contributed by atoms with E-state index in [9.17, 15) is 0 Å². The van der Waals surface area contributed by atoms with Crippen LogP contribution in [0.5, 0.6) is 0 Å². The fourth-order valence-electron chi connectivity index (χ4n) is 2.52. The van der Waals surface area contributed by atoms with Crippen molar-refractivity contribution in [2.45, 2.75) is 19.5 Å². The van der Waals surface area contributed by atoms with Crippen LogP contribution in [0.3, 0.4) is 0 Å². The van der Waals surface area contributed by atoms with Gasteiger partial charge < -0.3 is 10.6 Å². The highest BCUT2D eigenvalue weighted by Gasteiger charge is 2.02. The van der Waals surface area contributed by atoms with E-state index >= 15 is 0 Å². The van der Waals surface area contributed by atoms with E-state index in [0.717, 1.165) is 31.0 Å². The lowest BCUT2D eigenvalue weighted by Gasteiger charge is -2.10. The van der Waals surface area contributed by atoms with E-state index in [2.05, 4.69) is 56.6 Å². The minimum absolute atomic E-state index is 0.702. The van der Waals surface area contributed by atoms with Gasteiger partial charge in [0.25, 0.3) is 0 Å². The van der Waals surface area contributed by atoms with Crippen molar-refractivity contribution in [2.75, 3.05) is 13.6 Å². The molecule has 5 nitrogen and oxygen atoms in total. The molecule has 0 atom stereocenters. The Morgan fingerprint density at radius 1 is 1.12 bits per heavy atom. The number of nitrogens with one attached hydrogen (secondary N) is 2. The van der Waals surface area contributed by atoms with E-state index in [1.54, 1.807) is 18.4 Å². The number of nitrogens with zero attached hydrogens (tertiary/aromatic N) is 3. The SMILES string of the molecule is CN=C(NCCc1cccs1)NCc1cnn(Cc2ccccc2)c1. The highest BCUT2D eigenvalue weighted by atomic mass is 32.1. The van der Waals surface area contributed by atoms with Crippen LogP contribution in [0.1, 0.15) is 16.0 Å². The van der Waals surface area contributed by atoms with Gasteiger partial charge in [-0.15, -0.1) is 11.3 Å². The van der Waals surface area contributed by atoms with Crippen molar-refractivity contribution in [2.24, 2.45) is 4.99 Å². The zero-order valence-corrected chi connectivity index (χ0v) is 15.2. The second-order valence-corrected chi connectivity index (χ2v) is 6.75. The van der Waals surface area contributed by atoms with Crippen molar-refractivity contribution < 1.29 is 0 Å². The molecule has 1 aromatic carbocycles. The molecule has 3 rings (SSSR count). The third-order valence-corrected chi connectivity index (χ3v) is 4.74. The van der Waals surface area contributed by atoms with Gasteiger partial charge in [0, 0.05) is 36.8 Å². The highest BCUT2D eigenvalue weighted by Crippen LogP contribution is 2.08. The molecule has 0 bridgehead atoms. The van der Waals surface area contributed by atoms with E-state index in [-0.39, 0.29) is 0 Å². The topological polar surface area (TPSA) is 54.2 Å².